The summed E-state index contributed by atoms with van der Waals surface area (Å²) in [7, 11) is 0. The molecule has 0 bridgehead atoms. The summed E-state index contributed by atoms with van der Waals surface area (Å²) in [6, 6.07) is 4.89. The predicted octanol–water partition coefficient (Wildman–Crippen LogP) is 3.07. The van der Waals surface area contributed by atoms with Gasteiger partial charge < -0.3 is 15.4 Å². The first-order valence-corrected chi connectivity index (χ1v) is 6.66. The number of aromatic nitrogens is 2. The van der Waals surface area contributed by atoms with Crippen LogP contribution in [0.25, 0.3) is 11.5 Å². The minimum atomic E-state index is 0.0684. The largest absolute Gasteiger partial charge is 0.507 e. The van der Waals surface area contributed by atoms with Crippen LogP contribution in [0.5, 0.6) is 5.75 Å². The Bertz CT molecular complexity index is 574. The van der Waals surface area contributed by atoms with Crippen LogP contribution in [0.3, 0.4) is 0 Å². The van der Waals surface area contributed by atoms with Crippen molar-refractivity contribution < 1.29 is 9.63 Å². The fourth-order valence-electron chi connectivity index (χ4n) is 2.60. The van der Waals surface area contributed by atoms with E-state index in [1.807, 2.05) is 0 Å². The predicted molar refractivity (Wildman–Crippen MR) is 71.6 cm³/mol. The topological polar surface area (TPSA) is 85.2 Å². The second-order valence-electron chi connectivity index (χ2n) is 5.07. The van der Waals surface area contributed by atoms with E-state index in [1.54, 1.807) is 12.1 Å². The van der Waals surface area contributed by atoms with Crippen LogP contribution in [0.1, 0.15) is 43.8 Å². The zero-order chi connectivity index (χ0) is 13.2. The highest BCUT2D eigenvalue weighted by Crippen LogP contribution is 2.34. The van der Waals surface area contributed by atoms with Gasteiger partial charge in [0.1, 0.15) is 5.75 Å². The van der Waals surface area contributed by atoms with Crippen LogP contribution in [0.15, 0.2) is 22.7 Å². The number of rotatable bonds is 2. The van der Waals surface area contributed by atoms with Crippen LogP contribution in [0, 0.1) is 0 Å². The normalized spacial score (nSPS) is 16.6. The Morgan fingerprint density at radius 2 is 2.00 bits per heavy atom. The fourth-order valence-corrected chi connectivity index (χ4v) is 2.60. The summed E-state index contributed by atoms with van der Waals surface area (Å²) in [6.07, 6.45) is 5.97. The molecule has 5 heteroatoms. The number of nitrogens with two attached hydrogens (primary N) is 1. The molecule has 1 heterocycles. The van der Waals surface area contributed by atoms with Gasteiger partial charge in [0.25, 0.3) is 5.89 Å². The highest BCUT2D eigenvalue weighted by Gasteiger charge is 2.22. The van der Waals surface area contributed by atoms with Gasteiger partial charge in [0.05, 0.1) is 5.56 Å². The molecular weight excluding hydrogens is 242 g/mol. The standard InChI is InChI=1S/C14H17N3O2/c15-10-6-7-11(12(18)8-10)14-16-13(17-19-14)9-4-2-1-3-5-9/h6-9,18H,1-5,15H2. The number of hydrogen-bond donors (Lipinski definition) is 2. The molecule has 3 N–H and O–H groups in total. The Kier molecular flexibility index (Phi) is 3.11. The van der Waals surface area contributed by atoms with E-state index in [4.69, 9.17) is 10.3 Å². The Morgan fingerprint density at radius 1 is 1.21 bits per heavy atom. The average molecular weight is 259 g/mol. The molecule has 19 heavy (non-hydrogen) atoms. The molecule has 0 aliphatic heterocycles. The number of hydrogen-bond acceptors (Lipinski definition) is 5. The van der Waals surface area contributed by atoms with Crippen molar-refractivity contribution in [3.8, 4) is 17.2 Å². The molecule has 2 aromatic rings. The average Bonchev–Trinajstić information content (AvgIpc) is 2.89. The van der Waals surface area contributed by atoms with Crippen LogP contribution in [-0.4, -0.2) is 15.2 Å². The minimum Gasteiger partial charge on any atom is -0.507 e. The number of phenolic OH excluding ortho intramolecular Hbond substituents is 1. The van der Waals surface area contributed by atoms with Crippen LogP contribution < -0.4 is 5.73 Å². The van der Waals surface area contributed by atoms with E-state index >= 15 is 0 Å². The van der Waals surface area contributed by atoms with Crippen LogP contribution in [0.2, 0.25) is 0 Å². The quantitative estimate of drug-likeness (QED) is 0.809. The summed E-state index contributed by atoms with van der Waals surface area (Å²) in [6.45, 7) is 0. The second kappa shape index (κ2) is 4.91. The summed E-state index contributed by atoms with van der Waals surface area (Å²) < 4.78 is 5.26. The molecule has 5 nitrogen and oxygen atoms in total. The van der Waals surface area contributed by atoms with Gasteiger partial charge in [-0.05, 0) is 25.0 Å². The van der Waals surface area contributed by atoms with Gasteiger partial charge in [0, 0.05) is 17.7 Å². The van der Waals surface area contributed by atoms with Crippen LogP contribution in [-0.2, 0) is 0 Å². The third kappa shape index (κ3) is 2.41. The van der Waals surface area contributed by atoms with Gasteiger partial charge in [-0.2, -0.15) is 4.98 Å². The van der Waals surface area contributed by atoms with Crippen LogP contribution >= 0.6 is 0 Å². The molecule has 1 aromatic carbocycles. The molecule has 0 spiro atoms. The maximum Gasteiger partial charge on any atom is 0.261 e. The summed E-state index contributed by atoms with van der Waals surface area (Å²) >= 11 is 0. The van der Waals surface area contributed by atoms with Gasteiger partial charge in [-0.25, -0.2) is 0 Å². The van der Waals surface area contributed by atoms with Gasteiger partial charge >= 0.3 is 0 Å². The molecule has 0 saturated heterocycles. The van der Waals surface area contributed by atoms with Crippen molar-refractivity contribution in [1.82, 2.24) is 10.1 Å². The second-order valence-corrected chi connectivity index (χ2v) is 5.07. The number of nitrogens with zero attached hydrogens (tertiary/aromatic N) is 2. The van der Waals surface area contributed by atoms with Crippen molar-refractivity contribution in [1.29, 1.82) is 0 Å². The molecule has 1 fully saturated rings. The lowest BCUT2D eigenvalue weighted by atomic mass is 9.89. The number of phenols is 1. The van der Waals surface area contributed by atoms with Crippen molar-refractivity contribution in [3.63, 3.8) is 0 Å². The lowest BCUT2D eigenvalue weighted by Gasteiger charge is -2.17. The SMILES string of the molecule is Nc1ccc(-c2nc(C3CCCCC3)no2)c(O)c1. The third-order valence-electron chi connectivity index (χ3n) is 3.66. The lowest BCUT2D eigenvalue weighted by Crippen LogP contribution is -2.06. The van der Waals surface area contributed by atoms with E-state index in [1.165, 1.54) is 25.3 Å². The fraction of sp³-hybridized carbons (Fsp3) is 0.429. The smallest absolute Gasteiger partial charge is 0.261 e. The molecule has 3 rings (SSSR count). The highest BCUT2D eigenvalue weighted by molar-refractivity contribution is 5.66. The molecule has 1 aliphatic rings. The summed E-state index contributed by atoms with van der Waals surface area (Å²) in [5.74, 6) is 1.57. The highest BCUT2D eigenvalue weighted by atomic mass is 16.5. The Labute approximate surface area is 111 Å². The summed E-state index contributed by atoms with van der Waals surface area (Å²) in [4.78, 5) is 4.42. The molecule has 100 valence electrons. The monoisotopic (exact) mass is 259 g/mol. The number of aromatic hydroxyl groups is 1. The van der Waals surface area contributed by atoms with Gasteiger partial charge in [-0.15, -0.1) is 0 Å². The van der Waals surface area contributed by atoms with Crippen molar-refractivity contribution in [2.24, 2.45) is 0 Å². The van der Waals surface area contributed by atoms with Gasteiger partial charge in [0.2, 0.25) is 0 Å². The molecule has 0 amide bonds. The van der Waals surface area contributed by atoms with Crippen molar-refractivity contribution >= 4 is 5.69 Å². The number of nitrogen functional groups attached to an aromatic ring is 1. The molecule has 1 aromatic heterocycles. The Morgan fingerprint density at radius 3 is 2.74 bits per heavy atom. The number of benzene rings is 1. The maximum absolute atomic E-state index is 9.86. The molecule has 0 unspecified atom stereocenters. The zero-order valence-corrected chi connectivity index (χ0v) is 10.7. The Hall–Kier alpha value is -2.04. The molecule has 0 radical (unpaired) electrons. The van der Waals surface area contributed by atoms with Crippen LogP contribution in [0.4, 0.5) is 5.69 Å². The Balaban J connectivity index is 1.87. The van der Waals surface area contributed by atoms with E-state index in [9.17, 15) is 5.11 Å². The van der Waals surface area contributed by atoms with Gasteiger partial charge in [0.15, 0.2) is 5.82 Å². The molecule has 1 aliphatic carbocycles. The van der Waals surface area contributed by atoms with E-state index < -0.39 is 0 Å². The summed E-state index contributed by atoms with van der Waals surface area (Å²) in [5, 5.41) is 13.9. The van der Waals surface area contributed by atoms with Gasteiger partial charge in [-0.1, -0.05) is 24.4 Å². The van der Waals surface area contributed by atoms with E-state index in [0.717, 1.165) is 18.7 Å². The molecule has 1 saturated carbocycles. The lowest BCUT2D eigenvalue weighted by molar-refractivity contribution is 0.384. The molecular formula is C14H17N3O2. The van der Waals surface area contributed by atoms with E-state index in [0.29, 0.717) is 23.1 Å². The summed E-state index contributed by atoms with van der Waals surface area (Å²) in [5.41, 5.74) is 6.64. The van der Waals surface area contributed by atoms with Crippen molar-refractivity contribution in [3.05, 3.63) is 24.0 Å². The maximum atomic E-state index is 9.86. The first-order valence-electron chi connectivity index (χ1n) is 6.66. The first-order chi connectivity index (χ1) is 9.24. The minimum absolute atomic E-state index is 0.0684. The van der Waals surface area contributed by atoms with Crippen molar-refractivity contribution in [2.75, 3.05) is 5.73 Å². The van der Waals surface area contributed by atoms with E-state index in [2.05, 4.69) is 10.1 Å². The molecule has 0 atom stereocenters. The first kappa shape index (κ1) is 12.0. The third-order valence-corrected chi connectivity index (χ3v) is 3.66. The van der Waals surface area contributed by atoms with Crippen molar-refractivity contribution in [2.45, 2.75) is 38.0 Å². The zero-order valence-electron chi connectivity index (χ0n) is 10.7. The van der Waals surface area contributed by atoms with Gasteiger partial charge in [-0.3, -0.25) is 0 Å². The number of anilines is 1. The van der Waals surface area contributed by atoms with E-state index in [-0.39, 0.29) is 5.75 Å².